The number of carbonyl (C=O) groups excluding carboxylic acids is 1. The number of rotatable bonds is 5. The van der Waals surface area contributed by atoms with Crippen LogP contribution in [0.5, 0.6) is 0 Å². The van der Waals surface area contributed by atoms with Crippen molar-refractivity contribution >= 4 is 27.5 Å². The second-order valence-corrected chi connectivity index (χ2v) is 7.97. The minimum Gasteiger partial charge on any atom is -0.329 e. The molecule has 29 heavy (non-hydrogen) atoms. The van der Waals surface area contributed by atoms with Gasteiger partial charge in [-0.1, -0.05) is 34.1 Å². The van der Waals surface area contributed by atoms with Crippen molar-refractivity contribution in [1.29, 1.82) is 5.26 Å². The summed E-state index contributed by atoms with van der Waals surface area (Å²) in [6, 6.07) is 17.5. The zero-order chi connectivity index (χ0) is 20.2. The van der Waals surface area contributed by atoms with Crippen LogP contribution < -0.4 is 4.90 Å². The number of carbonyl (C=O) groups is 1. The van der Waals surface area contributed by atoms with Crippen molar-refractivity contribution in [3.63, 3.8) is 0 Å². The molecule has 0 atom stereocenters. The number of halogens is 1. The highest BCUT2D eigenvalue weighted by molar-refractivity contribution is 9.10. The van der Waals surface area contributed by atoms with E-state index >= 15 is 0 Å². The van der Waals surface area contributed by atoms with E-state index in [2.05, 4.69) is 36.5 Å². The van der Waals surface area contributed by atoms with E-state index in [0.29, 0.717) is 31.7 Å². The van der Waals surface area contributed by atoms with E-state index in [4.69, 9.17) is 5.26 Å². The highest BCUT2D eigenvalue weighted by Crippen LogP contribution is 2.22. The van der Waals surface area contributed by atoms with Crippen molar-refractivity contribution in [3.05, 3.63) is 82.3 Å². The number of hydrogen-bond donors (Lipinski definition) is 0. The van der Waals surface area contributed by atoms with Crippen molar-refractivity contribution in [2.24, 2.45) is 0 Å². The maximum atomic E-state index is 12.7. The molecule has 0 radical (unpaired) electrons. The lowest BCUT2D eigenvalue weighted by Crippen LogP contribution is -2.50. The van der Waals surface area contributed by atoms with Crippen LogP contribution in [0.2, 0.25) is 0 Å². The third-order valence-corrected chi connectivity index (χ3v) is 5.53. The van der Waals surface area contributed by atoms with Crippen LogP contribution in [-0.4, -0.2) is 40.0 Å². The molecule has 1 aliphatic heterocycles. The molecule has 1 amide bonds. The second kappa shape index (κ2) is 8.60. The molecule has 7 heteroatoms. The van der Waals surface area contributed by atoms with Crippen molar-refractivity contribution in [2.75, 3.05) is 24.5 Å². The van der Waals surface area contributed by atoms with E-state index < -0.39 is 0 Å². The molecule has 1 saturated heterocycles. The average molecular weight is 450 g/mol. The quantitative estimate of drug-likeness (QED) is 0.598. The van der Waals surface area contributed by atoms with Crippen molar-refractivity contribution in [2.45, 2.75) is 13.1 Å². The fourth-order valence-corrected chi connectivity index (χ4v) is 3.89. The summed E-state index contributed by atoms with van der Waals surface area (Å²) >= 11 is 3.47. The molecule has 0 saturated carbocycles. The summed E-state index contributed by atoms with van der Waals surface area (Å²) < 4.78 is 3.06. The van der Waals surface area contributed by atoms with E-state index in [1.165, 1.54) is 0 Å². The molecular weight excluding hydrogens is 430 g/mol. The number of benzene rings is 2. The number of anilines is 1. The third kappa shape index (κ3) is 4.56. The zero-order valence-corrected chi connectivity index (χ0v) is 17.4. The molecule has 0 spiro atoms. The van der Waals surface area contributed by atoms with Crippen LogP contribution in [0.4, 0.5) is 5.69 Å². The molecule has 1 aromatic heterocycles. The minimum atomic E-state index is 0.104. The topological polar surface area (TPSA) is 65.2 Å². The van der Waals surface area contributed by atoms with Crippen molar-refractivity contribution in [3.8, 4) is 6.07 Å². The fourth-order valence-electron chi connectivity index (χ4n) is 3.51. The smallest absolute Gasteiger partial charge is 0.241 e. The molecule has 4 rings (SSSR count). The number of piperazine rings is 1. The summed E-state index contributed by atoms with van der Waals surface area (Å²) in [6.07, 6.45) is 3.67. The van der Waals surface area contributed by atoms with E-state index in [-0.39, 0.29) is 5.91 Å². The number of imidazole rings is 1. The number of hydrogen-bond acceptors (Lipinski definition) is 4. The van der Waals surface area contributed by atoms with Gasteiger partial charge in [-0.2, -0.15) is 5.26 Å². The maximum absolute atomic E-state index is 12.7. The van der Waals surface area contributed by atoms with Crippen LogP contribution in [-0.2, 0) is 17.9 Å². The molecule has 0 bridgehead atoms. The summed E-state index contributed by atoms with van der Waals surface area (Å²) in [4.78, 5) is 21.0. The van der Waals surface area contributed by atoms with Crippen LogP contribution in [0.1, 0.15) is 16.8 Å². The molecule has 146 valence electrons. The van der Waals surface area contributed by atoms with E-state index in [1.54, 1.807) is 0 Å². The Hall–Kier alpha value is -2.95. The largest absolute Gasteiger partial charge is 0.329 e. The summed E-state index contributed by atoms with van der Waals surface area (Å²) in [5.74, 6) is 0.104. The monoisotopic (exact) mass is 449 g/mol. The number of aromatic nitrogens is 2. The molecule has 1 aliphatic rings. The lowest BCUT2D eigenvalue weighted by Gasteiger charge is -2.34. The predicted octanol–water partition coefficient (Wildman–Crippen LogP) is 3.41. The maximum Gasteiger partial charge on any atom is 0.241 e. The first-order valence-corrected chi connectivity index (χ1v) is 10.2. The highest BCUT2D eigenvalue weighted by Gasteiger charge is 2.25. The fraction of sp³-hybridized carbons (Fsp3) is 0.227. The van der Waals surface area contributed by atoms with Gasteiger partial charge in [-0.3, -0.25) is 9.69 Å². The summed E-state index contributed by atoms with van der Waals surface area (Å²) in [5.41, 5.74) is 3.76. The lowest BCUT2D eigenvalue weighted by atomic mass is 10.1. The van der Waals surface area contributed by atoms with Gasteiger partial charge in [-0.15, -0.1) is 0 Å². The first-order chi connectivity index (χ1) is 14.1. The Bertz CT molecular complexity index is 1050. The van der Waals surface area contributed by atoms with Gasteiger partial charge in [-0.25, -0.2) is 4.98 Å². The zero-order valence-electron chi connectivity index (χ0n) is 15.8. The molecule has 1 fully saturated rings. The Morgan fingerprint density at radius 3 is 2.66 bits per heavy atom. The van der Waals surface area contributed by atoms with Crippen LogP contribution in [0, 0.1) is 11.3 Å². The van der Waals surface area contributed by atoms with Gasteiger partial charge < -0.3 is 9.47 Å². The molecule has 0 aliphatic carbocycles. The van der Waals surface area contributed by atoms with Crippen molar-refractivity contribution in [1.82, 2.24) is 14.5 Å². The van der Waals surface area contributed by atoms with Gasteiger partial charge in [0.2, 0.25) is 5.91 Å². The van der Waals surface area contributed by atoms with Crippen molar-refractivity contribution < 1.29 is 4.79 Å². The predicted molar refractivity (Wildman–Crippen MR) is 114 cm³/mol. The van der Waals surface area contributed by atoms with Gasteiger partial charge in [0.25, 0.3) is 0 Å². The first-order valence-electron chi connectivity index (χ1n) is 9.39. The van der Waals surface area contributed by atoms with Gasteiger partial charge in [0.15, 0.2) is 0 Å². The number of nitrogens with zero attached hydrogens (tertiary/aromatic N) is 5. The molecular formula is C22H20BrN5O. The van der Waals surface area contributed by atoms with Gasteiger partial charge in [0, 0.05) is 42.5 Å². The summed E-state index contributed by atoms with van der Waals surface area (Å²) in [5, 5.41) is 8.93. The van der Waals surface area contributed by atoms with Gasteiger partial charge in [-0.05, 0) is 35.9 Å². The second-order valence-electron chi connectivity index (χ2n) is 7.06. The Morgan fingerprint density at radius 2 is 1.93 bits per heavy atom. The molecule has 2 aromatic carbocycles. The highest BCUT2D eigenvalue weighted by atomic mass is 79.9. The standard InChI is InChI=1S/C22H20BrN5O/c23-19-2-1-3-20(10-19)28-9-8-26(15-22(28)29)14-21-12-25-16-27(21)13-18-6-4-17(11-24)5-7-18/h1-7,10,12,16H,8-9,13-15H2. The van der Waals surface area contributed by atoms with Crippen LogP contribution in [0.3, 0.4) is 0 Å². The van der Waals surface area contributed by atoms with Crippen LogP contribution >= 0.6 is 15.9 Å². The molecule has 0 N–H and O–H groups in total. The van der Waals surface area contributed by atoms with Gasteiger partial charge in [0.1, 0.15) is 0 Å². The van der Waals surface area contributed by atoms with E-state index in [0.717, 1.165) is 28.0 Å². The molecule has 6 nitrogen and oxygen atoms in total. The Balaban J connectivity index is 1.40. The lowest BCUT2D eigenvalue weighted by molar-refractivity contribution is -0.121. The SMILES string of the molecule is N#Cc1ccc(Cn2cncc2CN2CCN(c3cccc(Br)c3)C(=O)C2)cc1. The van der Waals surface area contributed by atoms with Gasteiger partial charge in [0.05, 0.1) is 30.2 Å². The van der Waals surface area contributed by atoms with E-state index in [1.807, 2.05) is 66.0 Å². The first kappa shape index (κ1) is 19.4. The normalized spacial score (nSPS) is 14.8. The van der Waals surface area contributed by atoms with Crippen LogP contribution in [0.15, 0.2) is 65.5 Å². The van der Waals surface area contributed by atoms with Gasteiger partial charge >= 0.3 is 0 Å². The summed E-state index contributed by atoms with van der Waals surface area (Å²) in [7, 11) is 0. The molecule has 2 heterocycles. The number of amides is 1. The Kier molecular flexibility index (Phi) is 5.74. The van der Waals surface area contributed by atoms with E-state index in [9.17, 15) is 4.79 Å². The summed E-state index contributed by atoms with van der Waals surface area (Å²) in [6.45, 7) is 3.22. The Labute approximate surface area is 178 Å². The van der Waals surface area contributed by atoms with Crippen LogP contribution in [0.25, 0.3) is 0 Å². The molecule has 0 unspecified atom stereocenters. The molecule has 3 aromatic rings. The Morgan fingerprint density at radius 1 is 1.10 bits per heavy atom. The minimum absolute atomic E-state index is 0.104. The number of nitriles is 1. The third-order valence-electron chi connectivity index (χ3n) is 5.04. The average Bonchev–Trinajstić information content (AvgIpc) is 3.15.